The molecule has 1 saturated heterocycles. The molecule has 6 heteroatoms. The van der Waals surface area contributed by atoms with Gasteiger partial charge in [0.15, 0.2) is 0 Å². The molecule has 2 amide bonds. The van der Waals surface area contributed by atoms with Crippen LogP contribution in [0.15, 0.2) is 18.2 Å². The van der Waals surface area contributed by atoms with E-state index in [4.69, 9.17) is 10.5 Å². The second-order valence-electron chi connectivity index (χ2n) is 5.09. The van der Waals surface area contributed by atoms with Crippen molar-refractivity contribution in [2.45, 2.75) is 13.3 Å². The number of amides is 2. The number of nitrogens with one attached hydrogen (secondary N) is 1. The minimum Gasteiger partial charge on any atom is -0.494 e. The van der Waals surface area contributed by atoms with Crippen LogP contribution in [0.3, 0.4) is 0 Å². The van der Waals surface area contributed by atoms with Crippen molar-refractivity contribution in [1.82, 2.24) is 4.90 Å². The molecule has 0 aromatic heterocycles. The van der Waals surface area contributed by atoms with E-state index in [0.717, 1.165) is 0 Å². The average Bonchev–Trinajstić information content (AvgIpc) is 2.70. The van der Waals surface area contributed by atoms with E-state index in [9.17, 15) is 9.59 Å². The maximum atomic E-state index is 12.0. The number of anilines is 2. The van der Waals surface area contributed by atoms with Crippen LogP contribution < -0.4 is 15.8 Å². The Hall–Kier alpha value is -2.24. The summed E-state index contributed by atoms with van der Waals surface area (Å²) < 4.78 is 5.16. The summed E-state index contributed by atoms with van der Waals surface area (Å²) in [6.07, 6.45) is 0.512. The number of nitrogens with zero attached hydrogens (tertiary/aromatic N) is 1. The summed E-state index contributed by atoms with van der Waals surface area (Å²) in [5.41, 5.74) is 6.76. The predicted octanol–water partition coefficient (Wildman–Crippen LogP) is 1.08. The second-order valence-corrected chi connectivity index (χ2v) is 5.09. The van der Waals surface area contributed by atoms with Crippen molar-refractivity contribution in [2.75, 3.05) is 31.2 Å². The van der Waals surface area contributed by atoms with Gasteiger partial charge in [0, 0.05) is 24.7 Å². The summed E-state index contributed by atoms with van der Waals surface area (Å²) in [4.78, 5) is 25.2. The van der Waals surface area contributed by atoms with Gasteiger partial charge >= 0.3 is 0 Å². The number of carbonyl (C=O) groups excluding carboxylic acids is 2. The van der Waals surface area contributed by atoms with Gasteiger partial charge in [0.2, 0.25) is 11.8 Å². The number of benzene rings is 1. The Labute approximate surface area is 117 Å². The molecule has 1 unspecified atom stereocenters. The van der Waals surface area contributed by atoms with Gasteiger partial charge in [-0.1, -0.05) is 6.92 Å². The molecule has 1 fully saturated rings. The standard InChI is InChI=1S/C14H19N3O3/c1-9-5-14(19)17(7-9)8-13(18)16-11-4-3-10(15)6-12(11)20-2/h3-4,6,9H,5,7-8,15H2,1-2H3,(H,16,18). The summed E-state index contributed by atoms with van der Waals surface area (Å²) in [5, 5.41) is 2.74. The SMILES string of the molecule is COc1cc(N)ccc1NC(=O)CN1CC(C)CC1=O. The quantitative estimate of drug-likeness (QED) is 0.807. The van der Waals surface area contributed by atoms with E-state index in [2.05, 4.69) is 5.32 Å². The zero-order chi connectivity index (χ0) is 14.7. The molecular formula is C14H19N3O3. The second kappa shape index (κ2) is 5.81. The molecule has 108 valence electrons. The van der Waals surface area contributed by atoms with E-state index in [1.165, 1.54) is 7.11 Å². The number of hydrogen-bond acceptors (Lipinski definition) is 4. The molecule has 0 aliphatic carbocycles. The van der Waals surface area contributed by atoms with E-state index in [-0.39, 0.29) is 18.4 Å². The van der Waals surface area contributed by atoms with Gasteiger partial charge in [-0.3, -0.25) is 9.59 Å². The number of nitrogen functional groups attached to an aromatic ring is 1. The first-order chi connectivity index (χ1) is 9.49. The molecule has 0 bridgehead atoms. The van der Waals surface area contributed by atoms with Crippen molar-refractivity contribution in [3.05, 3.63) is 18.2 Å². The van der Waals surface area contributed by atoms with Gasteiger partial charge in [-0.2, -0.15) is 0 Å². The molecule has 1 atom stereocenters. The Bertz CT molecular complexity index is 530. The van der Waals surface area contributed by atoms with Crippen molar-refractivity contribution >= 4 is 23.2 Å². The lowest BCUT2D eigenvalue weighted by Crippen LogP contribution is -2.34. The van der Waals surface area contributed by atoms with Crippen LogP contribution in [0.1, 0.15) is 13.3 Å². The fraction of sp³-hybridized carbons (Fsp3) is 0.429. The van der Waals surface area contributed by atoms with Crippen LogP contribution in [-0.4, -0.2) is 36.9 Å². The van der Waals surface area contributed by atoms with Crippen molar-refractivity contribution in [3.63, 3.8) is 0 Å². The largest absolute Gasteiger partial charge is 0.494 e. The Balaban J connectivity index is 2.00. The predicted molar refractivity (Wildman–Crippen MR) is 76.4 cm³/mol. The van der Waals surface area contributed by atoms with Gasteiger partial charge in [0.1, 0.15) is 5.75 Å². The molecule has 1 aliphatic heterocycles. The molecule has 2 rings (SSSR count). The number of nitrogens with two attached hydrogens (primary N) is 1. The number of likely N-dealkylation sites (tertiary alicyclic amines) is 1. The van der Waals surface area contributed by atoms with E-state index < -0.39 is 0 Å². The van der Waals surface area contributed by atoms with Crippen LogP contribution in [-0.2, 0) is 9.59 Å². The molecular weight excluding hydrogens is 258 g/mol. The zero-order valence-corrected chi connectivity index (χ0v) is 11.7. The number of rotatable bonds is 4. The molecule has 1 aromatic carbocycles. The molecule has 6 nitrogen and oxygen atoms in total. The first-order valence-corrected chi connectivity index (χ1v) is 6.50. The van der Waals surface area contributed by atoms with Crippen LogP contribution >= 0.6 is 0 Å². The summed E-state index contributed by atoms with van der Waals surface area (Å²) in [5.74, 6) is 0.591. The Kier molecular flexibility index (Phi) is 4.12. The lowest BCUT2D eigenvalue weighted by Gasteiger charge is -2.16. The molecule has 0 radical (unpaired) electrons. The topological polar surface area (TPSA) is 84.7 Å². The maximum absolute atomic E-state index is 12.0. The van der Waals surface area contributed by atoms with Crippen molar-refractivity contribution in [3.8, 4) is 5.75 Å². The van der Waals surface area contributed by atoms with Crippen molar-refractivity contribution in [1.29, 1.82) is 0 Å². The summed E-state index contributed by atoms with van der Waals surface area (Å²) in [6.45, 7) is 2.70. The highest BCUT2D eigenvalue weighted by atomic mass is 16.5. The van der Waals surface area contributed by atoms with Crippen molar-refractivity contribution in [2.24, 2.45) is 5.92 Å². The van der Waals surface area contributed by atoms with E-state index in [1.807, 2.05) is 6.92 Å². The highest BCUT2D eigenvalue weighted by Crippen LogP contribution is 2.26. The number of hydrogen-bond donors (Lipinski definition) is 2. The van der Waals surface area contributed by atoms with Gasteiger partial charge < -0.3 is 20.7 Å². The molecule has 0 saturated carbocycles. The minimum atomic E-state index is -0.240. The molecule has 3 N–H and O–H groups in total. The van der Waals surface area contributed by atoms with Crippen LogP contribution in [0.2, 0.25) is 0 Å². The van der Waals surface area contributed by atoms with Crippen LogP contribution in [0, 0.1) is 5.92 Å². The molecule has 1 heterocycles. The third-order valence-corrected chi connectivity index (χ3v) is 3.24. The van der Waals surface area contributed by atoms with Crippen LogP contribution in [0.5, 0.6) is 5.75 Å². The fourth-order valence-electron chi connectivity index (χ4n) is 2.30. The van der Waals surface area contributed by atoms with E-state index >= 15 is 0 Å². The van der Waals surface area contributed by atoms with E-state index in [0.29, 0.717) is 36.0 Å². The van der Waals surface area contributed by atoms with Gasteiger partial charge in [-0.25, -0.2) is 0 Å². The van der Waals surface area contributed by atoms with E-state index in [1.54, 1.807) is 23.1 Å². The fourth-order valence-corrected chi connectivity index (χ4v) is 2.30. The molecule has 1 aliphatic rings. The normalized spacial score (nSPS) is 18.2. The smallest absolute Gasteiger partial charge is 0.244 e. The van der Waals surface area contributed by atoms with Gasteiger partial charge in [-0.15, -0.1) is 0 Å². The molecule has 1 aromatic rings. The average molecular weight is 277 g/mol. The lowest BCUT2D eigenvalue weighted by atomic mass is 10.2. The Morgan fingerprint density at radius 1 is 1.55 bits per heavy atom. The Morgan fingerprint density at radius 3 is 2.90 bits per heavy atom. The van der Waals surface area contributed by atoms with Gasteiger partial charge in [0.25, 0.3) is 0 Å². The zero-order valence-electron chi connectivity index (χ0n) is 11.7. The van der Waals surface area contributed by atoms with Crippen LogP contribution in [0.25, 0.3) is 0 Å². The van der Waals surface area contributed by atoms with Gasteiger partial charge in [-0.05, 0) is 18.1 Å². The van der Waals surface area contributed by atoms with Gasteiger partial charge in [0.05, 0.1) is 19.3 Å². The summed E-state index contributed by atoms with van der Waals surface area (Å²) in [7, 11) is 1.51. The molecule has 0 spiro atoms. The first-order valence-electron chi connectivity index (χ1n) is 6.50. The molecule has 20 heavy (non-hydrogen) atoms. The number of ether oxygens (including phenoxy) is 1. The Morgan fingerprint density at radius 2 is 2.30 bits per heavy atom. The third kappa shape index (κ3) is 3.20. The highest BCUT2D eigenvalue weighted by Gasteiger charge is 2.27. The van der Waals surface area contributed by atoms with Crippen molar-refractivity contribution < 1.29 is 14.3 Å². The minimum absolute atomic E-state index is 0.0249. The summed E-state index contributed by atoms with van der Waals surface area (Å²) >= 11 is 0. The highest BCUT2D eigenvalue weighted by molar-refractivity contribution is 5.96. The third-order valence-electron chi connectivity index (χ3n) is 3.24. The number of carbonyl (C=O) groups is 2. The monoisotopic (exact) mass is 277 g/mol. The number of methoxy groups -OCH3 is 1. The summed E-state index contributed by atoms with van der Waals surface area (Å²) in [6, 6.07) is 5.00. The lowest BCUT2D eigenvalue weighted by molar-refractivity contribution is -0.131. The maximum Gasteiger partial charge on any atom is 0.244 e. The van der Waals surface area contributed by atoms with Crippen LogP contribution in [0.4, 0.5) is 11.4 Å². The first kappa shape index (κ1) is 14.2.